The van der Waals surface area contributed by atoms with E-state index in [1.54, 1.807) is 11.3 Å². The van der Waals surface area contributed by atoms with E-state index < -0.39 is 10.2 Å². The first-order chi connectivity index (χ1) is 8.90. The van der Waals surface area contributed by atoms with Crippen LogP contribution in [0.25, 0.3) is 9.88 Å². The molecule has 0 saturated heterocycles. The molecule has 0 aliphatic carbocycles. The molecule has 0 aromatic carbocycles. The Kier molecular flexibility index (Phi) is 4.36. The van der Waals surface area contributed by atoms with Crippen molar-refractivity contribution in [1.29, 1.82) is 0 Å². The molecule has 2 aromatic heterocycles. The second kappa shape index (κ2) is 5.68. The fraction of sp³-hybridized carbons (Fsp3) is 0.364. The molecule has 2 rings (SSSR count). The number of rotatable bonds is 5. The summed E-state index contributed by atoms with van der Waals surface area (Å²) >= 11 is 3.15. The summed E-state index contributed by atoms with van der Waals surface area (Å²) in [6.45, 7) is 2.17. The number of nitrogens with zero attached hydrogens (tertiary/aromatic N) is 2. The summed E-state index contributed by atoms with van der Waals surface area (Å²) in [5.74, 6) is 0. The van der Waals surface area contributed by atoms with Crippen molar-refractivity contribution >= 4 is 32.9 Å². The lowest BCUT2D eigenvalue weighted by molar-refractivity contribution is 0.505. The maximum atomic E-state index is 11.7. The highest BCUT2D eigenvalue weighted by molar-refractivity contribution is 7.87. The van der Waals surface area contributed by atoms with Crippen LogP contribution in [0.3, 0.4) is 0 Å². The van der Waals surface area contributed by atoms with Crippen LogP contribution in [0.5, 0.6) is 0 Å². The Morgan fingerprint density at radius 3 is 2.74 bits per heavy atom. The highest BCUT2D eigenvalue weighted by atomic mass is 32.2. The minimum Gasteiger partial charge on any atom is -0.240 e. The van der Waals surface area contributed by atoms with Crippen molar-refractivity contribution < 1.29 is 8.42 Å². The van der Waals surface area contributed by atoms with Gasteiger partial charge in [0, 0.05) is 25.5 Å². The zero-order valence-electron chi connectivity index (χ0n) is 10.9. The zero-order chi connectivity index (χ0) is 14.0. The molecule has 0 radical (unpaired) electrons. The first-order valence-electron chi connectivity index (χ1n) is 5.57. The molecule has 0 amide bonds. The minimum absolute atomic E-state index is 0.273. The summed E-state index contributed by atoms with van der Waals surface area (Å²) in [5.41, 5.74) is 0.870. The van der Waals surface area contributed by atoms with E-state index in [0.717, 1.165) is 24.8 Å². The Hall–Kier alpha value is -0.800. The second-order valence-electron chi connectivity index (χ2n) is 4.11. The quantitative estimate of drug-likeness (QED) is 0.918. The Bertz CT molecular complexity index is 645. The van der Waals surface area contributed by atoms with Gasteiger partial charge >= 0.3 is 0 Å². The van der Waals surface area contributed by atoms with E-state index in [4.69, 9.17) is 0 Å². The lowest BCUT2D eigenvalue weighted by atomic mass is 10.4. The SMILES string of the molecule is Cc1nc(-c2cccs2)sc1CNS(=O)(=O)N(C)C. The molecule has 2 heterocycles. The predicted octanol–water partition coefficient (Wildman–Crippen LogP) is 2.08. The third kappa shape index (κ3) is 3.40. The molecule has 1 N–H and O–H groups in total. The van der Waals surface area contributed by atoms with Crippen LogP contribution < -0.4 is 4.72 Å². The van der Waals surface area contributed by atoms with E-state index in [2.05, 4.69) is 9.71 Å². The van der Waals surface area contributed by atoms with Gasteiger partial charge in [-0.15, -0.1) is 22.7 Å². The van der Waals surface area contributed by atoms with Crippen LogP contribution in [0.1, 0.15) is 10.6 Å². The van der Waals surface area contributed by atoms with E-state index in [0.29, 0.717) is 0 Å². The fourth-order valence-corrected chi connectivity index (χ4v) is 3.86. The molecule has 8 heteroatoms. The normalized spacial score (nSPS) is 12.2. The van der Waals surface area contributed by atoms with Gasteiger partial charge in [0.25, 0.3) is 10.2 Å². The van der Waals surface area contributed by atoms with Crippen molar-refractivity contribution in [2.45, 2.75) is 13.5 Å². The molecule has 0 fully saturated rings. The first kappa shape index (κ1) is 14.6. The van der Waals surface area contributed by atoms with Crippen LogP contribution >= 0.6 is 22.7 Å². The summed E-state index contributed by atoms with van der Waals surface area (Å²) in [5, 5.41) is 2.94. The number of thiazole rings is 1. The van der Waals surface area contributed by atoms with Crippen LogP contribution in [0.4, 0.5) is 0 Å². The van der Waals surface area contributed by atoms with E-state index in [1.165, 1.54) is 25.4 Å². The molecule has 0 atom stereocenters. The summed E-state index contributed by atoms with van der Waals surface area (Å²) < 4.78 is 27.0. The molecule has 2 aromatic rings. The molecule has 0 saturated carbocycles. The lowest BCUT2D eigenvalue weighted by Gasteiger charge is -2.11. The Labute approximate surface area is 121 Å². The van der Waals surface area contributed by atoms with Crippen LogP contribution in [0.2, 0.25) is 0 Å². The van der Waals surface area contributed by atoms with Gasteiger partial charge in [-0.25, -0.2) is 4.98 Å². The summed E-state index contributed by atoms with van der Waals surface area (Å²) in [6.07, 6.45) is 0. The third-order valence-corrected chi connectivity index (χ3v) is 6.19. The highest BCUT2D eigenvalue weighted by Crippen LogP contribution is 2.30. The summed E-state index contributed by atoms with van der Waals surface area (Å²) in [4.78, 5) is 6.52. The van der Waals surface area contributed by atoms with Crippen LogP contribution in [-0.2, 0) is 16.8 Å². The Balaban J connectivity index is 2.15. The maximum Gasteiger partial charge on any atom is 0.279 e. The molecular weight excluding hydrogens is 302 g/mol. The topological polar surface area (TPSA) is 62.3 Å². The predicted molar refractivity (Wildman–Crippen MR) is 79.6 cm³/mol. The number of thiophene rings is 1. The molecule has 0 aliphatic rings. The average molecular weight is 317 g/mol. The molecule has 19 heavy (non-hydrogen) atoms. The van der Waals surface area contributed by atoms with Gasteiger partial charge < -0.3 is 0 Å². The largest absolute Gasteiger partial charge is 0.279 e. The van der Waals surface area contributed by atoms with Crippen molar-refractivity contribution in [1.82, 2.24) is 14.0 Å². The Morgan fingerprint density at radius 1 is 1.42 bits per heavy atom. The first-order valence-corrected chi connectivity index (χ1v) is 8.71. The highest BCUT2D eigenvalue weighted by Gasteiger charge is 2.15. The fourth-order valence-electron chi connectivity index (χ4n) is 1.38. The monoisotopic (exact) mass is 317 g/mol. The van der Waals surface area contributed by atoms with Gasteiger partial charge in [-0.2, -0.15) is 17.4 Å². The number of hydrogen-bond donors (Lipinski definition) is 1. The Morgan fingerprint density at radius 2 is 2.16 bits per heavy atom. The van der Waals surface area contributed by atoms with Gasteiger partial charge in [-0.3, -0.25) is 0 Å². The molecule has 0 spiro atoms. The van der Waals surface area contributed by atoms with E-state index >= 15 is 0 Å². The smallest absolute Gasteiger partial charge is 0.240 e. The van der Waals surface area contributed by atoms with Gasteiger partial charge in [0.15, 0.2) is 0 Å². The van der Waals surface area contributed by atoms with Gasteiger partial charge in [-0.1, -0.05) is 6.07 Å². The average Bonchev–Trinajstić information content (AvgIpc) is 2.95. The van der Waals surface area contributed by atoms with Crippen molar-refractivity contribution in [3.63, 3.8) is 0 Å². The molecule has 0 unspecified atom stereocenters. The van der Waals surface area contributed by atoms with Crippen LogP contribution in [-0.4, -0.2) is 31.8 Å². The standard InChI is InChI=1S/C11H15N3O2S3/c1-8-10(7-12-19(15,16)14(2)3)18-11(13-8)9-5-4-6-17-9/h4-6,12H,7H2,1-3H3. The molecule has 5 nitrogen and oxygen atoms in total. The van der Waals surface area contributed by atoms with Crippen molar-refractivity contribution in [3.8, 4) is 9.88 Å². The van der Waals surface area contributed by atoms with Crippen LogP contribution in [0.15, 0.2) is 17.5 Å². The van der Waals surface area contributed by atoms with E-state index in [9.17, 15) is 8.42 Å². The van der Waals surface area contributed by atoms with E-state index in [1.807, 2.05) is 24.4 Å². The number of nitrogens with one attached hydrogen (secondary N) is 1. The number of aryl methyl sites for hydroxylation is 1. The second-order valence-corrected chi connectivity index (χ2v) is 8.11. The molecular formula is C11H15N3O2S3. The number of aromatic nitrogens is 1. The molecule has 0 bridgehead atoms. The summed E-state index contributed by atoms with van der Waals surface area (Å²) in [6, 6.07) is 3.99. The van der Waals surface area contributed by atoms with Crippen LogP contribution in [0, 0.1) is 6.92 Å². The summed E-state index contributed by atoms with van der Waals surface area (Å²) in [7, 11) is -0.395. The maximum absolute atomic E-state index is 11.7. The minimum atomic E-state index is -3.39. The lowest BCUT2D eigenvalue weighted by Crippen LogP contribution is -2.35. The van der Waals surface area contributed by atoms with Gasteiger partial charge in [0.2, 0.25) is 0 Å². The number of hydrogen-bond acceptors (Lipinski definition) is 5. The van der Waals surface area contributed by atoms with Crippen molar-refractivity contribution in [3.05, 3.63) is 28.1 Å². The van der Waals surface area contributed by atoms with Crippen molar-refractivity contribution in [2.75, 3.05) is 14.1 Å². The van der Waals surface area contributed by atoms with E-state index in [-0.39, 0.29) is 6.54 Å². The molecule has 104 valence electrons. The third-order valence-electron chi connectivity index (χ3n) is 2.52. The van der Waals surface area contributed by atoms with Gasteiger partial charge in [0.05, 0.1) is 10.6 Å². The molecule has 0 aliphatic heterocycles. The van der Waals surface area contributed by atoms with Gasteiger partial charge in [-0.05, 0) is 18.4 Å². The zero-order valence-corrected chi connectivity index (χ0v) is 13.3. The van der Waals surface area contributed by atoms with Crippen molar-refractivity contribution in [2.24, 2.45) is 0 Å². The van der Waals surface area contributed by atoms with Gasteiger partial charge in [0.1, 0.15) is 5.01 Å².